The monoisotopic (exact) mass is 527 g/mol. The molecule has 3 aromatic carbocycles. The number of carbonyl (C=O) groups is 1. The second-order valence-electron chi connectivity index (χ2n) is 7.91. The number of sulfonamides is 1. The second-order valence-corrected chi connectivity index (χ2v) is 10.7. The molecule has 0 spiro atoms. The molecule has 0 saturated heterocycles. The van der Waals surface area contributed by atoms with Gasteiger partial charge in [-0.15, -0.1) is 0 Å². The van der Waals surface area contributed by atoms with Gasteiger partial charge in [-0.25, -0.2) is 13.8 Å². The summed E-state index contributed by atoms with van der Waals surface area (Å²) in [6.07, 6.45) is 0. The number of benzene rings is 3. The number of hydrazone groups is 1. The molecule has 0 aliphatic heterocycles. The molecule has 0 aromatic heterocycles. The Hall–Kier alpha value is -2.97. The Morgan fingerprint density at radius 3 is 2.18 bits per heavy atom. The van der Waals surface area contributed by atoms with Gasteiger partial charge in [-0.05, 0) is 80.8 Å². The summed E-state index contributed by atoms with van der Waals surface area (Å²) in [5, 5.41) is 4.16. The predicted octanol–water partition coefficient (Wildman–Crippen LogP) is 5.11. The van der Waals surface area contributed by atoms with Crippen molar-refractivity contribution < 1.29 is 13.2 Å². The summed E-state index contributed by atoms with van der Waals surface area (Å²) in [5.74, 6) is -0.542. The zero-order valence-electron chi connectivity index (χ0n) is 19.0. The molecule has 0 aliphatic rings. The van der Waals surface area contributed by atoms with E-state index in [0.29, 0.717) is 11.4 Å². The van der Waals surface area contributed by atoms with E-state index in [0.717, 1.165) is 31.0 Å². The number of hydrogen-bond acceptors (Lipinski definition) is 4. The molecule has 33 heavy (non-hydrogen) atoms. The lowest BCUT2D eigenvalue weighted by Crippen LogP contribution is -2.39. The number of rotatable bonds is 7. The number of anilines is 1. The van der Waals surface area contributed by atoms with E-state index < -0.39 is 22.5 Å². The van der Waals surface area contributed by atoms with Gasteiger partial charge in [-0.1, -0.05) is 51.8 Å². The van der Waals surface area contributed by atoms with Crippen LogP contribution in [0.2, 0.25) is 0 Å². The minimum absolute atomic E-state index is 0.119. The highest BCUT2D eigenvalue weighted by Crippen LogP contribution is 2.26. The van der Waals surface area contributed by atoms with Crippen molar-refractivity contribution in [1.29, 1.82) is 0 Å². The van der Waals surface area contributed by atoms with Crippen LogP contribution in [0.25, 0.3) is 0 Å². The molecule has 0 unspecified atom stereocenters. The van der Waals surface area contributed by atoms with Gasteiger partial charge >= 0.3 is 0 Å². The first kappa shape index (κ1) is 24.7. The molecule has 0 atom stereocenters. The third-order valence-corrected chi connectivity index (χ3v) is 7.26. The molecule has 1 N–H and O–H groups in total. The molecule has 6 nitrogen and oxygen atoms in total. The highest BCUT2D eigenvalue weighted by Gasteiger charge is 2.27. The van der Waals surface area contributed by atoms with Gasteiger partial charge in [0.1, 0.15) is 6.54 Å². The fourth-order valence-corrected chi connectivity index (χ4v) is 5.14. The van der Waals surface area contributed by atoms with Crippen LogP contribution in [0.3, 0.4) is 0 Å². The lowest BCUT2D eigenvalue weighted by molar-refractivity contribution is -0.119. The molecule has 0 saturated carbocycles. The Morgan fingerprint density at radius 1 is 0.939 bits per heavy atom. The van der Waals surface area contributed by atoms with E-state index in [9.17, 15) is 13.2 Å². The fraction of sp³-hybridized carbons (Fsp3) is 0.200. The van der Waals surface area contributed by atoms with E-state index in [2.05, 4.69) is 26.5 Å². The number of carbonyl (C=O) groups excluding carboxylic acids is 1. The summed E-state index contributed by atoms with van der Waals surface area (Å²) >= 11 is 3.41. The van der Waals surface area contributed by atoms with Crippen LogP contribution in [0.5, 0.6) is 0 Å². The van der Waals surface area contributed by atoms with Crippen LogP contribution in [0.15, 0.2) is 81.2 Å². The average molecular weight is 528 g/mol. The van der Waals surface area contributed by atoms with E-state index in [-0.39, 0.29) is 4.90 Å². The zero-order valence-corrected chi connectivity index (χ0v) is 21.4. The lowest BCUT2D eigenvalue weighted by atomic mass is 10.1. The fourth-order valence-electron chi connectivity index (χ4n) is 3.34. The van der Waals surface area contributed by atoms with Gasteiger partial charge in [0.15, 0.2) is 0 Å². The first-order valence-electron chi connectivity index (χ1n) is 10.3. The summed E-state index contributed by atoms with van der Waals surface area (Å²) in [5.41, 5.74) is 7.10. The van der Waals surface area contributed by atoms with Crippen molar-refractivity contribution in [3.63, 3.8) is 0 Å². The van der Waals surface area contributed by atoms with Crippen molar-refractivity contribution in [2.24, 2.45) is 5.10 Å². The average Bonchev–Trinajstić information content (AvgIpc) is 2.75. The lowest BCUT2D eigenvalue weighted by Gasteiger charge is -2.24. The Balaban J connectivity index is 1.92. The van der Waals surface area contributed by atoms with Gasteiger partial charge in [-0.3, -0.25) is 9.10 Å². The largest absolute Gasteiger partial charge is 0.271 e. The Labute approximate surface area is 203 Å². The topological polar surface area (TPSA) is 78.8 Å². The number of nitrogens with one attached hydrogen (secondary N) is 1. The van der Waals surface area contributed by atoms with Gasteiger partial charge in [0, 0.05) is 4.47 Å². The molecule has 0 radical (unpaired) electrons. The van der Waals surface area contributed by atoms with E-state index in [1.165, 1.54) is 0 Å². The minimum atomic E-state index is -3.98. The molecule has 0 heterocycles. The van der Waals surface area contributed by atoms with Gasteiger partial charge in [0.05, 0.1) is 16.3 Å². The maximum absolute atomic E-state index is 13.5. The van der Waals surface area contributed by atoms with Gasteiger partial charge in [0.2, 0.25) is 0 Å². The van der Waals surface area contributed by atoms with Crippen molar-refractivity contribution in [3.8, 4) is 0 Å². The van der Waals surface area contributed by atoms with Gasteiger partial charge < -0.3 is 0 Å². The van der Waals surface area contributed by atoms with Crippen molar-refractivity contribution in [1.82, 2.24) is 5.43 Å². The number of aryl methyl sites for hydroxylation is 3. The Kier molecular flexibility index (Phi) is 7.71. The first-order valence-corrected chi connectivity index (χ1v) is 12.6. The molecule has 8 heteroatoms. The number of amides is 1. The van der Waals surface area contributed by atoms with Crippen LogP contribution in [0, 0.1) is 20.8 Å². The van der Waals surface area contributed by atoms with Crippen LogP contribution in [-0.4, -0.2) is 26.6 Å². The van der Waals surface area contributed by atoms with Crippen LogP contribution in [-0.2, 0) is 14.8 Å². The van der Waals surface area contributed by atoms with Crippen molar-refractivity contribution in [2.45, 2.75) is 32.6 Å². The normalized spacial score (nSPS) is 11.8. The molecule has 3 rings (SSSR count). The molecule has 0 fully saturated rings. The summed E-state index contributed by atoms with van der Waals surface area (Å²) in [7, 11) is -3.98. The third kappa shape index (κ3) is 6.30. The first-order chi connectivity index (χ1) is 15.6. The Bertz CT molecular complexity index is 1280. The Morgan fingerprint density at radius 2 is 1.58 bits per heavy atom. The molecule has 172 valence electrons. The maximum Gasteiger partial charge on any atom is 0.264 e. The molecule has 0 aliphatic carbocycles. The smallest absolute Gasteiger partial charge is 0.264 e. The van der Waals surface area contributed by atoms with E-state index in [1.54, 1.807) is 43.3 Å². The third-order valence-electron chi connectivity index (χ3n) is 4.98. The van der Waals surface area contributed by atoms with E-state index >= 15 is 0 Å². The highest BCUT2D eigenvalue weighted by molar-refractivity contribution is 9.10. The standard InChI is InChI=1S/C25H26BrN3O3S/c1-17-8-10-24(11-9-17)33(31,32)29(23-13-18(2)12-19(3)14-23)16-25(30)28-27-20(4)21-6-5-7-22(26)15-21/h5-15H,16H2,1-4H3,(H,28,30)/b27-20-. The van der Waals surface area contributed by atoms with Crippen LogP contribution in [0.1, 0.15) is 29.2 Å². The van der Waals surface area contributed by atoms with Crippen LogP contribution < -0.4 is 9.73 Å². The van der Waals surface area contributed by atoms with E-state index in [4.69, 9.17) is 0 Å². The molecular weight excluding hydrogens is 502 g/mol. The predicted molar refractivity (Wildman–Crippen MR) is 136 cm³/mol. The van der Waals surface area contributed by atoms with E-state index in [1.807, 2.05) is 51.1 Å². The van der Waals surface area contributed by atoms with Gasteiger partial charge in [0.25, 0.3) is 15.9 Å². The zero-order chi connectivity index (χ0) is 24.2. The molecular formula is C25H26BrN3O3S. The second kappa shape index (κ2) is 10.3. The van der Waals surface area contributed by atoms with Crippen LogP contribution in [0.4, 0.5) is 5.69 Å². The molecule has 0 bridgehead atoms. The van der Waals surface area contributed by atoms with Crippen molar-refractivity contribution >= 4 is 43.3 Å². The minimum Gasteiger partial charge on any atom is -0.271 e. The number of hydrogen-bond donors (Lipinski definition) is 1. The summed E-state index contributed by atoms with van der Waals surface area (Å²) in [6.45, 7) is 7.02. The quantitative estimate of drug-likeness (QED) is 0.342. The number of nitrogens with zero attached hydrogens (tertiary/aromatic N) is 2. The van der Waals surface area contributed by atoms with Crippen molar-refractivity contribution in [2.75, 3.05) is 10.8 Å². The number of halogens is 1. The van der Waals surface area contributed by atoms with Gasteiger partial charge in [-0.2, -0.15) is 5.10 Å². The summed E-state index contributed by atoms with van der Waals surface area (Å²) in [6, 6.07) is 19.5. The molecule has 1 amide bonds. The maximum atomic E-state index is 13.5. The van der Waals surface area contributed by atoms with Crippen molar-refractivity contribution in [3.05, 3.63) is 93.5 Å². The summed E-state index contributed by atoms with van der Waals surface area (Å²) in [4.78, 5) is 12.9. The summed E-state index contributed by atoms with van der Waals surface area (Å²) < 4.78 is 29.0. The molecule has 3 aromatic rings. The van der Waals surface area contributed by atoms with Crippen LogP contribution >= 0.6 is 15.9 Å². The highest BCUT2D eigenvalue weighted by atomic mass is 79.9. The SMILES string of the molecule is C/C(=N/NC(=O)CN(c1cc(C)cc(C)c1)S(=O)(=O)c1ccc(C)cc1)c1cccc(Br)c1.